The number of nitrogens with two attached hydrogens (primary N) is 1. The van der Waals surface area contributed by atoms with E-state index in [9.17, 15) is 4.79 Å². The number of hydrogen-bond donors (Lipinski definition) is 1. The predicted octanol–water partition coefficient (Wildman–Crippen LogP) is 2.22. The summed E-state index contributed by atoms with van der Waals surface area (Å²) in [5, 5.41) is 0. The Labute approximate surface area is 109 Å². The van der Waals surface area contributed by atoms with E-state index in [2.05, 4.69) is 31.2 Å². The molecule has 1 saturated carbocycles. The van der Waals surface area contributed by atoms with E-state index in [1.165, 1.54) is 11.1 Å². The first-order valence-corrected chi connectivity index (χ1v) is 6.76. The highest BCUT2D eigenvalue weighted by atomic mass is 16.2. The first-order chi connectivity index (χ1) is 8.70. The van der Waals surface area contributed by atoms with Crippen molar-refractivity contribution in [3.05, 3.63) is 35.4 Å². The molecule has 0 aromatic heterocycles. The van der Waals surface area contributed by atoms with E-state index in [0.29, 0.717) is 19.0 Å². The highest BCUT2D eigenvalue weighted by molar-refractivity contribution is 5.76. The zero-order valence-corrected chi connectivity index (χ0v) is 11.1. The molecule has 3 heteroatoms. The molecule has 1 aliphatic rings. The van der Waals surface area contributed by atoms with Gasteiger partial charge in [-0.15, -0.1) is 0 Å². The molecular weight excluding hydrogens is 224 g/mol. The van der Waals surface area contributed by atoms with Crippen LogP contribution in [0.5, 0.6) is 0 Å². The van der Waals surface area contributed by atoms with Gasteiger partial charge in [-0.2, -0.15) is 0 Å². The van der Waals surface area contributed by atoms with E-state index in [-0.39, 0.29) is 5.91 Å². The van der Waals surface area contributed by atoms with E-state index in [1.807, 2.05) is 4.90 Å². The van der Waals surface area contributed by atoms with Crippen molar-refractivity contribution in [3.8, 4) is 0 Å². The van der Waals surface area contributed by atoms with E-state index >= 15 is 0 Å². The minimum atomic E-state index is 0.254. The highest BCUT2D eigenvalue weighted by Crippen LogP contribution is 2.29. The summed E-state index contributed by atoms with van der Waals surface area (Å²) in [6.45, 7) is 3.42. The average Bonchev–Trinajstić information content (AvgIpc) is 3.17. The number of amides is 1. The molecule has 1 fully saturated rings. The van der Waals surface area contributed by atoms with Crippen LogP contribution in [0.1, 0.15) is 36.8 Å². The molecule has 98 valence electrons. The Morgan fingerprint density at radius 3 is 2.83 bits per heavy atom. The van der Waals surface area contributed by atoms with Gasteiger partial charge in [0.1, 0.15) is 0 Å². The number of aryl methyl sites for hydroxylation is 1. The summed E-state index contributed by atoms with van der Waals surface area (Å²) in [6, 6.07) is 8.86. The SMILES string of the molecule is Cc1cccc(CN(C(=O)CCCN)C2CC2)c1. The Kier molecular flexibility index (Phi) is 4.37. The molecule has 2 N–H and O–H groups in total. The molecule has 0 saturated heterocycles. The van der Waals surface area contributed by atoms with Crippen LogP contribution in [0.15, 0.2) is 24.3 Å². The largest absolute Gasteiger partial charge is 0.335 e. The lowest BCUT2D eigenvalue weighted by molar-refractivity contribution is -0.132. The quantitative estimate of drug-likeness (QED) is 0.836. The van der Waals surface area contributed by atoms with Gasteiger partial charge in [0.25, 0.3) is 0 Å². The Balaban J connectivity index is 2.00. The fourth-order valence-corrected chi connectivity index (χ4v) is 2.21. The van der Waals surface area contributed by atoms with Gasteiger partial charge in [0, 0.05) is 19.0 Å². The van der Waals surface area contributed by atoms with Gasteiger partial charge in [0.2, 0.25) is 5.91 Å². The molecular formula is C15H22N2O. The van der Waals surface area contributed by atoms with Gasteiger partial charge in [0.15, 0.2) is 0 Å². The topological polar surface area (TPSA) is 46.3 Å². The van der Waals surface area contributed by atoms with E-state index in [0.717, 1.165) is 25.8 Å². The van der Waals surface area contributed by atoms with Gasteiger partial charge < -0.3 is 10.6 Å². The fraction of sp³-hybridized carbons (Fsp3) is 0.533. The number of benzene rings is 1. The third-order valence-electron chi connectivity index (χ3n) is 3.34. The highest BCUT2D eigenvalue weighted by Gasteiger charge is 2.31. The summed E-state index contributed by atoms with van der Waals surface area (Å²) < 4.78 is 0. The number of hydrogen-bond acceptors (Lipinski definition) is 2. The summed E-state index contributed by atoms with van der Waals surface area (Å²) in [4.78, 5) is 14.2. The van der Waals surface area contributed by atoms with Gasteiger partial charge in [-0.1, -0.05) is 29.8 Å². The van der Waals surface area contributed by atoms with Crippen molar-refractivity contribution in [2.45, 2.75) is 45.2 Å². The zero-order valence-electron chi connectivity index (χ0n) is 11.1. The monoisotopic (exact) mass is 246 g/mol. The second-order valence-electron chi connectivity index (χ2n) is 5.13. The normalized spacial score (nSPS) is 14.6. The van der Waals surface area contributed by atoms with E-state index in [4.69, 9.17) is 5.73 Å². The van der Waals surface area contributed by atoms with E-state index < -0.39 is 0 Å². The lowest BCUT2D eigenvalue weighted by Crippen LogP contribution is -2.32. The molecule has 1 aromatic carbocycles. The summed E-state index contributed by atoms with van der Waals surface area (Å²) in [7, 11) is 0. The van der Waals surface area contributed by atoms with Crippen LogP contribution in [0, 0.1) is 6.92 Å². The molecule has 1 aromatic rings. The number of rotatable bonds is 6. The van der Waals surface area contributed by atoms with E-state index in [1.54, 1.807) is 0 Å². The molecule has 3 nitrogen and oxygen atoms in total. The lowest BCUT2D eigenvalue weighted by atomic mass is 10.1. The van der Waals surface area contributed by atoms with Crippen LogP contribution in [-0.2, 0) is 11.3 Å². The summed E-state index contributed by atoms with van der Waals surface area (Å²) in [5.74, 6) is 0.254. The molecule has 2 rings (SSSR count). The Morgan fingerprint density at radius 1 is 1.44 bits per heavy atom. The lowest BCUT2D eigenvalue weighted by Gasteiger charge is -2.22. The maximum absolute atomic E-state index is 12.1. The second kappa shape index (κ2) is 6.01. The third-order valence-corrected chi connectivity index (χ3v) is 3.34. The minimum Gasteiger partial charge on any atom is -0.335 e. The van der Waals surface area contributed by atoms with Crippen molar-refractivity contribution in [2.24, 2.45) is 5.73 Å². The molecule has 0 radical (unpaired) electrons. The van der Waals surface area contributed by atoms with Gasteiger partial charge in [-0.3, -0.25) is 4.79 Å². The van der Waals surface area contributed by atoms with Gasteiger partial charge in [0.05, 0.1) is 0 Å². The number of carbonyl (C=O) groups is 1. The Hall–Kier alpha value is -1.35. The van der Waals surface area contributed by atoms with Crippen LogP contribution in [0.2, 0.25) is 0 Å². The molecule has 0 bridgehead atoms. The first kappa shape index (κ1) is 13.1. The number of nitrogens with zero attached hydrogens (tertiary/aromatic N) is 1. The predicted molar refractivity (Wildman–Crippen MR) is 73.0 cm³/mol. The second-order valence-corrected chi connectivity index (χ2v) is 5.13. The molecule has 0 unspecified atom stereocenters. The van der Waals surface area contributed by atoms with Gasteiger partial charge in [-0.25, -0.2) is 0 Å². The molecule has 0 heterocycles. The van der Waals surface area contributed by atoms with Crippen LogP contribution < -0.4 is 5.73 Å². The summed E-state index contributed by atoms with van der Waals surface area (Å²) in [5.41, 5.74) is 7.94. The molecule has 0 spiro atoms. The van der Waals surface area contributed by atoms with Crippen molar-refractivity contribution in [1.82, 2.24) is 4.90 Å². The fourth-order valence-electron chi connectivity index (χ4n) is 2.21. The van der Waals surface area contributed by atoms with Crippen LogP contribution in [0.4, 0.5) is 0 Å². The van der Waals surface area contributed by atoms with Crippen molar-refractivity contribution in [3.63, 3.8) is 0 Å². The standard InChI is InChI=1S/C15H22N2O/c1-12-4-2-5-13(10-12)11-17(14-7-8-14)15(18)6-3-9-16/h2,4-5,10,14H,3,6-9,11,16H2,1H3. The molecule has 1 amide bonds. The maximum Gasteiger partial charge on any atom is 0.223 e. The minimum absolute atomic E-state index is 0.254. The van der Waals surface area contributed by atoms with Crippen LogP contribution in [0.25, 0.3) is 0 Å². The molecule has 0 aliphatic heterocycles. The van der Waals surface area contributed by atoms with Crippen molar-refractivity contribution in [1.29, 1.82) is 0 Å². The van der Waals surface area contributed by atoms with Crippen molar-refractivity contribution in [2.75, 3.05) is 6.54 Å². The summed E-state index contributed by atoms with van der Waals surface area (Å²) >= 11 is 0. The van der Waals surface area contributed by atoms with Crippen LogP contribution in [-0.4, -0.2) is 23.4 Å². The Morgan fingerprint density at radius 2 is 2.22 bits per heavy atom. The van der Waals surface area contributed by atoms with Crippen molar-refractivity contribution >= 4 is 5.91 Å². The van der Waals surface area contributed by atoms with Crippen LogP contribution in [0.3, 0.4) is 0 Å². The molecule has 1 aliphatic carbocycles. The third kappa shape index (κ3) is 3.57. The smallest absolute Gasteiger partial charge is 0.223 e. The Bertz CT molecular complexity index is 413. The number of carbonyl (C=O) groups excluding carboxylic acids is 1. The van der Waals surface area contributed by atoms with Gasteiger partial charge >= 0.3 is 0 Å². The molecule has 0 atom stereocenters. The maximum atomic E-state index is 12.1. The molecule has 18 heavy (non-hydrogen) atoms. The average molecular weight is 246 g/mol. The first-order valence-electron chi connectivity index (χ1n) is 6.76. The van der Waals surface area contributed by atoms with Gasteiger partial charge in [-0.05, 0) is 38.3 Å². The van der Waals surface area contributed by atoms with Crippen molar-refractivity contribution < 1.29 is 4.79 Å². The van der Waals surface area contributed by atoms with Crippen LogP contribution >= 0.6 is 0 Å². The zero-order chi connectivity index (χ0) is 13.0. The summed E-state index contributed by atoms with van der Waals surface area (Å²) in [6.07, 6.45) is 3.68.